The molecule has 0 saturated carbocycles. The molecule has 2 amide bonds. The fourth-order valence-corrected chi connectivity index (χ4v) is 7.10. The molecule has 2 aliphatic rings. The molecule has 0 aromatic carbocycles. The molecule has 3 aromatic heterocycles. The number of nitrogens with two attached hydrogens (primary N) is 1. The Morgan fingerprint density at radius 1 is 1.34 bits per heavy atom. The maximum atomic E-state index is 13.3. The average Bonchev–Trinajstić information content (AvgIpc) is 3.56. The first-order valence-corrected chi connectivity index (χ1v) is 15.5. The van der Waals surface area contributed by atoms with Crippen LogP contribution >= 0.6 is 34.7 Å². The van der Waals surface area contributed by atoms with Crippen molar-refractivity contribution in [3.8, 4) is 0 Å². The molecule has 44 heavy (non-hydrogen) atoms. The summed E-state index contributed by atoms with van der Waals surface area (Å²) in [5, 5.41) is 27.9. The molecule has 6 N–H and O–H groups in total. The number of nitrogens with one attached hydrogen (secondary N) is 2. The van der Waals surface area contributed by atoms with Crippen LogP contribution in [0.4, 0.5) is 5.13 Å². The van der Waals surface area contributed by atoms with Crippen LogP contribution in [0, 0.1) is 0 Å². The Kier molecular flexibility index (Phi) is 9.10. The first-order chi connectivity index (χ1) is 21.0. The second kappa shape index (κ2) is 12.8. The number of amides is 2. The van der Waals surface area contributed by atoms with Crippen LogP contribution in [0.15, 0.2) is 47.0 Å². The number of fused-ring (bicyclic) bond motifs is 2. The lowest BCUT2D eigenvalue weighted by Crippen LogP contribution is -2.71. The van der Waals surface area contributed by atoms with Gasteiger partial charge in [0.1, 0.15) is 32.7 Å². The average molecular weight is 664 g/mol. The highest BCUT2D eigenvalue weighted by Crippen LogP contribution is 2.40. The zero-order valence-electron chi connectivity index (χ0n) is 23.4. The van der Waals surface area contributed by atoms with Gasteiger partial charge in [0.25, 0.3) is 11.8 Å². The molecule has 15 nitrogen and oxygen atoms in total. The highest BCUT2D eigenvalue weighted by molar-refractivity contribution is 8.00. The Bertz CT molecular complexity index is 1720. The summed E-state index contributed by atoms with van der Waals surface area (Å²) in [6.07, 6.45) is 2.43. The number of thioether (sulfide) groups is 1. The van der Waals surface area contributed by atoms with Crippen molar-refractivity contribution in [1.82, 2.24) is 25.1 Å². The number of anilines is 1. The van der Waals surface area contributed by atoms with E-state index >= 15 is 0 Å². The number of carbonyl (C=O) groups is 4. The zero-order chi connectivity index (χ0) is 31.7. The molecule has 5 rings (SSSR count). The van der Waals surface area contributed by atoms with Crippen LogP contribution in [0.2, 0.25) is 4.34 Å². The third kappa shape index (κ3) is 5.95. The fraction of sp³-hybridized carbons (Fsp3) is 0.346. The molecule has 2 unspecified atom stereocenters. The van der Waals surface area contributed by atoms with Gasteiger partial charge in [-0.2, -0.15) is 4.57 Å². The molecular formula is C26H28ClN8O7S2+. The lowest BCUT2D eigenvalue weighted by molar-refractivity contribution is -0.663. The van der Waals surface area contributed by atoms with E-state index in [1.54, 1.807) is 0 Å². The molecule has 3 aromatic rings. The Morgan fingerprint density at radius 3 is 2.77 bits per heavy atom. The number of carboxylic acid groups (broad SMARTS) is 2. The molecule has 1 saturated heterocycles. The molecule has 0 radical (unpaired) electrons. The number of carboxylic acids is 2. The lowest BCUT2D eigenvalue weighted by atomic mass is 10.0. The first-order valence-electron chi connectivity index (χ1n) is 13.2. The molecule has 3 atom stereocenters. The van der Waals surface area contributed by atoms with Gasteiger partial charge in [-0.1, -0.05) is 28.1 Å². The largest absolute Gasteiger partial charge is 0.478 e. The van der Waals surface area contributed by atoms with Crippen LogP contribution < -0.4 is 20.9 Å². The number of hydrogen-bond acceptors (Lipinski definition) is 11. The third-order valence-electron chi connectivity index (χ3n) is 7.01. The number of oxime groups is 1. The summed E-state index contributed by atoms with van der Waals surface area (Å²) in [4.78, 5) is 60.4. The van der Waals surface area contributed by atoms with E-state index < -0.39 is 47.0 Å². The standard InChI is InChI=1S/C26H27ClN8O7S2/c1-12(24(38)39)42-32-17(16-20(27)44-26(28)31-16)21(36)30-18-22(37)35-19(25(40)41)13(11-43-23(18)35)10-34-7-3-4-14-15(34)5-8-33(14)9-6-29-2/h3-5,7-8,12,18,23,29H,6,9-11H2,1-2H3,(H4-,28,30,31,36,38,39,40,41)/p+1/t12-,18?,23?/m0/s1. The normalized spacial score (nSPS) is 19.0. The van der Waals surface area contributed by atoms with Crippen molar-refractivity contribution in [3.63, 3.8) is 0 Å². The van der Waals surface area contributed by atoms with Gasteiger partial charge < -0.3 is 36.0 Å². The van der Waals surface area contributed by atoms with Crippen molar-refractivity contribution < 1.29 is 38.8 Å². The molecule has 18 heteroatoms. The van der Waals surface area contributed by atoms with E-state index in [2.05, 4.69) is 25.3 Å². The topological polar surface area (TPSA) is 205 Å². The van der Waals surface area contributed by atoms with Crippen LogP contribution in [-0.2, 0) is 37.1 Å². The van der Waals surface area contributed by atoms with E-state index in [1.165, 1.54) is 23.6 Å². The van der Waals surface area contributed by atoms with Gasteiger partial charge in [0.15, 0.2) is 23.6 Å². The van der Waals surface area contributed by atoms with E-state index in [9.17, 15) is 24.3 Å². The van der Waals surface area contributed by atoms with Crippen molar-refractivity contribution in [3.05, 3.63) is 51.9 Å². The molecular weight excluding hydrogens is 636 g/mol. The van der Waals surface area contributed by atoms with E-state index in [0.29, 0.717) is 11.3 Å². The summed E-state index contributed by atoms with van der Waals surface area (Å²) < 4.78 is 4.05. The smallest absolute Gasteiger partial charge is 0.352 e. The van der Waals surface area contributed by atoms with Crippen molar-refractivity contribution in [2.75, 3.05) is 25.1 Å². The van der Waals surface area contributed by atoms with E-state index in [0.717, 1.165) is 35.5 Å². The Morgan fingerprint density at radius 2 is 2.11 bits per heavy atom. The molecule has 1 fully saturated rings. The Hall–Kier alpha value is -4.19. The number of thiazole rings is 1. The van der Waals surface area contributed by atoms with Crippen molar-refractivity contribution in [1.29, 1.82) is 0 Å². The Labute approximate surface area is 263 Å². The number of carbonyl (C=O) groups excluding carboxylic acids is 2. The number of likely N-dealkylation sites (N-methyl/N-ethyl adjacent to an activating group) is 1. The van der Waals surface area contributed by atoms with Crippen molar-refractivity contribution >= 4 is 80.3 Å². The third-order valence-corrected chi connectivity index (χ3v) is 9.43. The number of aromatic nitrogens is 3. The summed E-state index contributed by atoms with van der Waals surface area (Å²) in [6.45, 7) is 3.00. The SMILES string of the molecule is CNCCn1ccc2c1ccc[n+]2CC1=C(C(=O)O)N2C(=O)C(NC(=O)C(=NO[C@@H](C)C(=O)O)c3nc(N)sc3Cl)C2SC1. The van der Waals surface area contributed by atoms with Gasteiger partial charge >= 0.3 is 11.9 Å². The van der Waals surface area contributed by atoms with Crippen LogP contribution in [0.25, 0.3) is 11.0 Å². The summed E-state index contributed by atoms with van der Waals surface area (Å²) >= 11 is 8.34. The quantitative estimate of drug-likeness (QED) is 0.0779. The highest BCUT2D eigenvalue weighted by atomic mass is 35.5. The second-order valence-corrected chi connectivity index (χ2v) is 12.6. The summed E-state index contributed by atoms with van der Waals surface area (Å²) in [6, 6.07) is 4.75. The predicted molar refractivity (Wildman–Crippen MR) is 162 cm³/mol. The minimum absolute atomic E-state index is 0.00205. The number of halogens is 1. The molecule has 232 valence electrons. The molecule has 2 aliphatic heterocycles. The van der Waals surface area contributed by atoms with Gasteiger partial charge in [0, 0.05) is 42.7 Å². The minimum atomic E-state index is -1.40. The van der Waals surface area contributed by atoms with Crippen LogP contribution in [-0.4, -0.2) is 91.0 Å². The summed E-state index contributed by atoms with van der Waals surface area (Å²) in [5.41, 5.74) is 7.39. The lowest BCUT2D eigenvalue weighted by Gasteiger charge is -2.49. The fourth-order valence-electron chi connectivity index (χ4n) is 4.83. The molecule has 5 heterocycles. The van der Waals surface area contributed by atoms with Crippen LogP contribution in [0.3, 0.4) is 0 Å². The molecule has 0 bridgehead atoms. The van der Waals surface area contributed by atoms with E-state index in [1.807, 2.05) is 42.2 Å². The van der Waals surface area contributed by atoms with Gasteiger partial charge in [-0.25, -0.2) is 14.6 Å². The number of β-lactam (4-membered cyclic amide) rings is 1. The van der Waals surface area contributed by atoms with Gasteiger partial charge in [-0.3, -0.25) is 14.5 Å². The predicted octanol–water partition coefficient (Wildman–Crippen LogP) is 0.473. The maximum absolute atomic E-state index is 13.3. The molecule has 0 spiro atoms. The zero-order valence-corrected chi connectivity index (χ0v) is 25.8. The number of nitrogen functional groups attached to an aromatic ring is 1. The number of hydrogen-bond donors (Lipinski definition) is 5. The summed E-state index contributed by atoms with van der Waals surface area (Å²) in [7, 11) is 1.88. The monoisotopic (exact) mass is 663 g/mol. The summed E-state index contributed by atoms with van der Waals surface area (Å²) in [5.74, 6) is -3.85. The number of rotatable bonds is 12. The van der Waals surface area contributed by atoms with Gasteiger partial charge in [0.2, 0.25) is 11.6 Å². The van der Waals surface area contributed by atoms with Gasteiger partial charge in [-0.05, 0) is 20.0 Å². The highest BCUT2D eigenvalue weighted by Gasteiger charge is 2.55. The van der Waals surface area contributed by atoms with Crippen LogP contribution in [0.1, 0.15) is 12.6 Å². The van der Waals surface area contributed by atoms with Gasteiger partial charge in [0.05, 0.1) is 0 Å². The minimum Gasteiger partial charge on any atom is -0.478 e. The Balaban J connectivity index is 1.38. The van der Waals surface area contributed by atoms with Gasteiger partial charge in [-0.15, -0.1) is 11.8 Å². The van der Waals surface area contributed by atoms with Crippen molar-refractivity contribution in [2.45, 2.75) is 37.5 Å². The van der Waals surface area contributed by atoms with E-state index in [4.69, 9.17) is 27.3 Å². The second-order valence-electron chi connectivity index (χ2n) is 9.84. The van der Waals surface area contributed by atoms with Crippen molar-refractivity contribution in [2.24, 2.45) is 5.16 Å². The molecule has 0 aliphatic carbocycles. The maximum Gasteiger partial charge on any atom is 0.352 e. The number of pyridine rings is 1. The van der Waals surface area contributed by atoms with E-state index in [-0.39, 0.29) is 27.4 Å². The first kappa shape index (κ1) is 31.2. The number of aliphatic carboxylic acids is 2. The number of nitrogens with zero attached hydrogens (tertiary/aromatic N) is 5. The van der Waals surface area contributed by atoms with Crippen LogP contribution in [0.5, 0.6) is 0 Å².